The van der Waals surface area contributed by atoms with Gasteiger partial charge in [0.25, 0.3) is 5.91 Å². The summed E-state index contributed by atoms with van der Waals surface area (Å²) >= 11 is 0. The van der Waals surface area contributed by atoms with Gasteiger partial charge in [0, 0.05) is 0 Å². The summed E-state index contributed by atoms with van der Waals surface area (Å²) in [5, 5.41) is 2.94. The number of ether oxygens (including phenoxy) is 2. The molecule has 0 fully saturated rings. The molecule has 0 aliphatic heterocycles. The Morgan fingerprint density at radius 1 is 1.11 bits per heavy atom. The van der Waals surface area contributed by atoms with Crippen molar-refractivity contribution < 1.29 is 27.8 Å². The summed E-state index contributed by atoms with van der Waals surface area (Å²) in [6.07, 6.45) is 1.80. The van der Waals surface area contributed by atoms with Gasteiger partial charge in [-0.15, -0.1) is 0 Å². The fourth-order valence-electron chi connectivity index (χ4n) is 3.25. The maximum atomic E-state index is 12.5. The molecule has 2 aromatic rings. The lowest BCUT2D eigenvalue weighted by atomic mass is 9.87. The Labute approximate surface area is 161 Å². The number of hydrogen-bond donors (Lipinski definition) is 1. The summed E-state index contributed by atoms with van der Waals surface area (Å²) in [6.45, 7) is -1.44. The number of carbonyl (C=O) groups excluding carboxylic acids is 2. The van der Waals surface area contributed by atoms with E-state index in [-0.39, 0.29) is 23.3 Å². The highest BCUT2D eigenvalue weighted by molar-refractivity contribution is 5.92. The third kappa shape index (κ3) is 4.85. The third-order valence-corrected chi connectivity index (χ3v) is 4.65. The maximum Gasteiger partial charge on any atom is 0.387 e. The van der Waals surface area contributed by atoms with E-state index in [1.807, 2.05) is 18.2 Å². The lowest BCUT2D eigenvalue weighted by molar-refractivity contribution is -0.130. The van der Waals surface area contributed by atoms with E-state index in [9.17, 15) is 18.4 Å². The minimum Gasteiger partial charge on any atom is -0.449 e. The summed E-state index contributed by atoms with van der Waals surface area (Å²) in [4.78, 5) is 24.7. The van der Waals surface area contributed by atoms with Crippen LogP contribution in [0.5, 0.6) is 5.75 Å². The van der Waals surface area contributed by atoms with Crippen LogP contribution in [-0.4, -0.2) is 24.6 Å². The van der Waals surface area contributed by atoms with Crippen molar-refractivity contribution in [3.8, 4) is 5.75 Å². The van der Waals surface area contributed by atoms with Crippen LogP contribution in [0.3, 0.4) is 0 Å². The zero-order valence-corrected chi connectivity index (χ0v) is 15.4. The summed E-state index contributed by atoms with van der Waals surface area (Å²) in [5.41, 5.74) is 2.45. The first-order valence-corrected chi connectivity index (χ1v) is 9.08. The molecule has 28 heavy (non-hydrogen) atoms. The lowest BCUT2D eigenvalue weighted by Crippen LogP contribution is -2.39. The number of rotatable bonds is 6. The van der Waals surface area contributed by atoms with Crippen molar-refractivity contribution in [2.75, 3.05) is 0 Å². The van der Waals surface area contributed by atoms with Crippen LogP contribution in [0.1, 0.15) is 47.3 Å². The first-order chi connectivity index (χ1) is 13.4. The van der Waals surface area contributed by atoms with E-state index in [4.69, 9.17) is 4.74 Å². The van der Waals surface area contributed by atoms with Gasteiger partial charge < -0.3 is 14.8 Å². The van der Waals surface area contributed by atoms with Crippen molar-refractivity contribution in [1.29, 1.82) is 0 Å². The molecule has 0 bridgehead atoms. The number of carbonyl (C=O) groups is 2. The summed E-state index contributed by atoms with van der Waals surface area (Å²) < 4.78 is 33.8. The Hall–Kier alpha value is -2.96. The van der Waals surface area contributed by atoms with Crippen LogP contribution in [0, 0.1) is 0 Å². The molecule has 5 nitrogen and oxygen atoms in total. The predicted octanol–water partition coefficient (Wildman–Crippen LogP) is 4.03. The van der Waals surface area contributed by atoms with Crippen LogP contribution in [0.2, 0.25) is 0 Å². The molecule has 1 aliphatic rings. The number of hydrogen-bond acceptors (Lipinski definition) is 4. The quantitative estimate of drug-likeness (QED) is 0.758. The molecular weight excluding hydrogens is 368 g/mol. The van der Waals surface area contributed by atoms with Crippen LogP contribution in [0.15, 0.2) is 48.5 Å². The highest BCUT2D eigenvalue weighted by Gasteiger charge is 2.25. The first-order valence-electron chi connectivity index (χ1n) is 9.08. The molecule has 0 spiro atoms. The van der Waals surface area contributed by atoms with Gasteiger partial charge in [-0.3, -0.25) is 4.79 Å². The molecule has 0 heterocycles. The van der Waals surface area contributed by atoms with Gasteiger partial charge in [-0.2, -0.15) is 8.78 Å². The number of amides is 1. The summed E-state index contributed by atoms with van der Waals surface area (Å²) in [5.74, 6) is -1.16. The summed E-state index contributed by atoms with van der Waals surface area (Å²) in [7, 11) is 0. The van der Waals surface area contributed by atoms with E-state index in [1.54, 1.807) is 0 Å². The molecule has 0 saturated heterocycles. The van der Waals surface area contributed by atoms with Gasteiger partial charge in [0.1, 0.15) is 5.75 Å². The van der Waals surface area contributed by atoms with Crippen LogP contribution in [-0.2, 0) is 16.0 Å². The van der Waals surface area contributed by atoms with Crippen molar-refractivity contribution in [2.24, 2.45) is 0 Å². The predicted molar refractivity (Wildman–Crippen MR) is 98.2 cm³/mol. The Kier molecular flexibility index (Phi) is 6.23. The second-order valence-electron chi connectivity index (χ2n) is 6.60. The van der Waals surface area contributed by atoms with Crippen LogP contribution in [0.25, 0.3) is 0 Å². The minimum absolute atomic E-state index is 0.0618. The molecule has 1 N–H and O–H groups in total. The molecule has 1 amide bonds. The molecular formula is C21H21F2NO4. The monoisotopic (exact) mass is 389 g/mol. The average Bonchev–Trinajstić information content (AvgIpc) is 2.68. The molecule has 1 aliphatic carbocycles. The Balaban J connectivity index is 1.58. The molecule has 7 heteroatoms. The zero-order valence-electron chi connectivity index (χ0n) is 15.4. The third-order valence-electron chi connectivity index (χ3n) is 4.65. The molecule has 2 aromatic carbocycles. The average molecular weight is 389 g/mol. The number of fused-ring (bicyclic) bond motifs is 1. The molecule has 0 unspecified atom stereocenters. The fraction of sp³-hybridized carbons (Fsp3) is 0.333. The number of aryl methyl sites for hydroxylation is 1. The zero-order chi connectivity index (χ0) is 20.1. The van der Waals surface area contributed by atoms with Crippen molar-refractivity contribution in [3.05, 3.63) is 65.2 Å². The molecule has 148 valence electrons. The van der Waals surface area contributed by atoms with Gasteiger partial charge in [-0.1, -0.05) is 24.3 Å². The lowest BCUT2D eigenvalue weighted by Gasteiger charge is -2.27. The Bertz CT molecular complexity index is 839. The van der Waals surface area contributed by atoms with E-state index in [0.717, 1.165) is 24.8 Å². The first kappa shape index (κ1) is 19.8. The van der Waals surface area contributed by atoms with Crippen LogP contribution >= 0.6 is 0 Å². The number of esters is 1. The van der Waals surface area contributed by atoms with E-state index >= 15 is 0 Å². The van der Waals surface area contributed by atoms with Crippen LogP contribution < -0.4 is 10.1 Å². The standard InChI is InChI=1S/C21H21F2NO4/c1-13(27-20(26)15-9-11-16(12-10-15)28-21(22)23)19(25)24-18-8-4-6-14-5-2-3-7-17(14)18/h2-3,5,7,9-13,18,21H,4,6,8H2,1H3,(H,24,25)/t13-,18+/m1/s1. The van der Waals surface area contributed by atoms with Crippen molar-refractivity contribution in [3.63, 3.8) is 0 Å². The van der Waals surface area contributed by atoms with Crippen molar-refractivity contribution >= 4 is 11.9 Å². The highest BCUT2D eigenvalue weighted by atomic mass is 19.3. The van der Waals surface area contributed by atoms with Gasteiger partial charge in [-0.05, 0) is 61.6 Å². The van der Waals surface area contributed by atoms with Crippen molar-refractivity contribution in [2.45, 2.75) is 44.9 Å². The molecule has 2 atom stereocenters. The van der Waals surface area contributed by atoms with E-state index in [2.05, 4.69) is 16.1 Å². The highest BCUT2D eigenvalue weighted by Crippen LogP contribution is 2.29. The molecule has 0 radical (unpaired) electrons. The van der Waals surface area contributed by atoms with Gasteiger partial charge in [-0.25, -0.2) is 4.79 Å². The van der Waals surface area contributed by atoms with Crippen molar-refractivity contribution in [1.82, 2.24) is 5.32 Å². The molecule has 3 rings (SSSR count). The van der Waals surface area contributed by atoms with E-state index in [0.29, 0.717) is 0 Å². The van der Waals surface area contributed by atoms with Gasteiger partial charge in [0.2, 0.25) is 0 Å². The number of nitrogens with one attached hydrogen (secondary N) is 1. The topological polar surface area (TPSA) is 64.6 Å². The molecule has 0 saturated carbocycles. The number of halogens is 2. The number of alkyl halides is 2. The summed E-state index contributed by atoms with van der Waals surface area (Å²) in [6, 6.07) is 13.0. The Morgan fingerprint density at radius 3 is 2.54 bits per heavy atom. The van der Waals surface area contributed by atoms with Crippen LogP contribution in [0.4, 0.5) is 8.78 Å². The normalized spacial score (nSPS) is 16.8. The Morgan fingerprint density at radius 2 is 1.82 bits per heavy atom. The second-order valence-corrected chi connectivity index (χ2v) is 6.60. The van der Waals surface area contributed by atoms with Gasteiger partial charge in [0.15, 0.2) is 6.10 Å². The minimum atomic E-state index is -2.94. The maximum absolute atomic E-state index is 12.5. The fourth-order valence-corrected chi connectivity index (χ4v) is 3.25. The second kappa shape index (κ2) is 8.82. The number of benzene rings is 2. The smallest absolute Gasteiger partial charge is 0.387 e. The SMILES string of the molecule is C[C@@H](OC(=O)c1ccc(OC(F)F)cc1)C(=O)N[C@H]1CCCc2ccccc21. The van der Waals surface area contributed by atoms with E-state index < -0.39 is 18.7 Å². The van der Waals surface area contributed by atoms with Gasteiger partial charge in [0.05, 0.1) is 11.6 Å². The largest absolute Gasteiger partial charge is 0.449 e. The molecule has 0 aromatic heterocycles. The van der Waals surface area contributed by atoms with Gasteiger partial charge >= 0.3 is 12.6 Å². The van der Waals surface area contributed by atoms with E-state index in [1.165, 1.54) is 36.8 Å².